The number of carbonyl (C=O) groups is 1. The van der Waals surface area contributed by atoms with E-state index in [2.05, 4.69) is 5.32 Å². The number of rotatable bonds is 4. The van der Waals surface area contributed by atoms with Gasteiger partial charge in [-0.05, 0) is 49.7 Å². The largest absolute Gasteiger partial charge is 0.417 e. The van der Waals surface area contributed by atoms with Crippen molar-refractivity contribution in [3.63, 3.8) is 0 Å². The van der Waals surface area contributed by atoms with Crippen molar-refractivity contribution in [3.05, 3.63) is 40.4 Å². The molecule has 0 saturated carbocycles. The third kappa shape index (κ3) is 5.40. The molecule has 1 N–H and O–H groups in total. The second-order valence-corrected chi connectivity index (χ2v) is 5.97. The van der Waals surface area contributed by atoms with Crippen LogP contribution in [0, 0.1) is 5.92 Å². The molecule has 1 amide bonds. The normalized spacial score (nSPS) is 18.0. The highest BCUT2D eigenvalue weighted by Crippen LogP contribution is 2.35. The monoisotopic (exact) mass is 382 g/mol. The molecule has 24 heavy (non-hydrogen) atoms. The molecule has 134 valence electrons. The van der Waals surface area contributed by atoms with Crippen LogP contribution >= 0.6 is 24.0 Å². The number of amides is 1. The maximum absolute atomic E-state index is 12.8. The molecule has 0 radical (unpaired) electrons. The second-order valence-electron chi connectivity index (χ2n) is 5.57. The SMILES string of the molecule is CNCC1CCN(C(=O)/C=C/c2ccc(Cl)c(C(F)(F)F)c2)C1.Cl. The minimum atomic E-state index is -4.51. The van der Waals surface area contributed by atoms with Gasteiger partial charge < -0.3 is 10.2 Å². The maximum Gasteiger partial charge on any atom is 0.417 e. The van der Waals surface area contributed by atoms with E-state index in [0.717, 1.165) is 19.0 Å². The molecule has 0 bridgehead atoms. The third-order valence-electron chi connectivity index (χ3n) is 3.80. The number of nitrogens with zero attached hydrogens (tertiary/aromatic N) is 1. The van der Waals surface area contributed by atoms with Crippen molar-refractivity contribution in [1.82, 2.24) is 10.2 Å². The van der Waals surface area contributed by atoms with E-state index in [1.54, 1.807) is 4.90 Å². The van der Waals surface area contributed by atoms with Crippen LogP contribution in [0.15, 0.2) is 24.3 Å². The Morgan fingerprint density at radius 2 is 2.17 bits per heavy atom. The molecule has 1 saturated heterocycles. The molecule has 1 heterocycles. The molecule has 0 aliphatic carbocycles. The van der Waals surface area contributed by atoms with Crippen LogP contribution < -0.4 is 5.32 Å². The number of nitrogens with one attached hydrogen (secondary N) is 1. The molecule has 2 rings (SSSR count). The molecule has 1 atom stereocenters. The summed E-state index contributed by atoms with van der Waals surface area (Å²) in [4.78, 5) is 13.8. The molecule has 1 fully saturated rings. The summed E-state index contributed by atoms with van der Waals surface area (Å²) in [6.45, 7) is 2.18. The van der Waals surface area contributed by atoms with Gasteiger partial charge >= 0.3 is 6.18 Å². The molecule has 1 aliphatic rings. The Labute approximate surface area is 150 Å². The Bertz CT molecular complexity index is 605. The topological polar surface area (TPSA) is 32.3 Å². The Kier molecular flexibility index (Phi) is 7.57. The molecule has 1 unspecified atom stereocenters. The summed E-state index contributed by atoms with van der Waals surface area (Å²) >= 11 is 5.57. The first-order chi connectivity index (χ1) is 10.8. The second kappa shape index (κ2) is 8.74. The van der Waals surface area contributed by atoms with E-state index in [1.807, 2.05) is 7.05 Å². The fraction of sp³-hybridized carbons (Fsp3) is 0.438. The lowest BCUT2D eigenvalue weighted by Gasteiger charge is -2.14. The minimum Gasteiger partial charge on any atom is -0.339 e. The van der Waals surface area contributed by atoms with Crippen LogP contribution in [0.1, 0.15) is 17.5 Å². The Hall–Kier alpha value is -1.24. The fourth-order valence-electron chi connectivity index (χ4n) is 2.62. The molecular weight excluding hydrogens is 364 g/mol. The molecule has 1 aliphatic heterocycles. The lowest BCUT2D eigenvalue weighted by molar-refractivity contribution is -0.137. The summed E-state index contributed by atoms with van der Waals surface area (Å²) in [6, 6.07) is 3.59. The van der Waals surface area contributed by atoms with Gasteiger partial charge in [0, 0.05) is 19.2 Å². The average molecular weight is 383 g/mol. The van der Waals surface area contributed by atoms with E-state index < -0.39 is 11.7 Å². The van der Waals surface area contributed by atoms with Crippen LogP contribution in [-0.2, 0) is 11.0 Å². The molecule has 0 spiro atoms. The van der Waals surface area contributed by atoms with Crippen LogP contribution in [-0.4, -0.2) is 37.5 Å². The number of likely N-dealkylation sites (tertiary alicyclic amines) is 1. The standard InChI is InChI=1S/C16H18ClF3N2O.ClH/c1-21-9-12-6-7-22(10-12)15(23)5-3-11-2-4-14(17)13(8-11)16(18,19)20;/h2-5,8,12,21H,6-7,9-10H2,1H3;1H/b5-3+;. The smallest absolute Gasteiger partial charge is 0.339 e. The molecule has 3 nitrogen and oxygen atoms in total. The predicted octanol–water partition coefficient (Wildman–Crippen LogP) is 3.86. The van der Waals surface area contributed by atoms with Crippen LogP contribution in [0.4, 0.5) is 13.2 Å². The number of halogens is 5. The zero-order valence-electron chi connectivity index (χ0n) is 13.1. The van der Waals surface area contributed by atoms with Gasteiger partial charge in [0.15, 0.2) is 0 Å². The van der Waals surface area contributed by atoms with E-state index in [0.29, 0.717) is 24.6 Å². The summed E-state index contributed by atoms with van der Waals surface area (Å²) in [5.41, 5.74) is -0.606. The van der Waals surface area contributed by atoms with Crippen molar-refractivity contribution in [3.8, 4) is 0 Å². The van der Waals surface area contributed by atoms with Gasteiger partial charge in [0.25, 0.3) is 0 Å². The van der Waals surface area contributed by atoms with Crippen molar-refractivity contribution < 1.29 is 18.0 Å². The fourth-order valence-corrected chi connectivity index (χ4v) is 2.85. The van der Waals surface area contributed by atoms with Gasteiger partial charge in [-0.1, -0.05) is 17.7 Å². The van der Waals surface area contributed by atoms with Crippen molar-refractivity contribution in [1.29, 1.82) is 0 Å². The van der Waals surface area contributed by atoms with Crippen molar-refractivity contribution in [2.45, 2.75) is 12.6 Å². The number of hydrogen-bond donors (Lipinski definition) is 1. The van der Waals surface area contributed by atoms with Gasteiger partial charge in [0.2, 0.25) is 5.91 Å². The Morgan fingerprint density at radius 3 is 2.79 bits per heavy atom. The quantitative estimate of drug-likeness (QED) is 0.801. The van der Waals surface area contributed by atoms with Crippen molar-refractivity contribution >= 4 is 36.0 Å². The zero-order valence-corrected chi connectivity index (χ0v) is 14.6. The first kappa shape index (κ1) is 20.8. The van der Waals surface area contributed by atoms with Gasteiger partial charge in [0.05, 0.1) is 10.6 Å². The van der Waals surface area contributed by atoms with E-state index in [1.165, 1.54) is 24.3 Å². The lowest BCUT2D eigenvalue weighted by atomic mass is 10.1. The minimum absolute atomic E-state index is 0. The highest BCUT2D eigenvalue weighted by molar-refractivity contribution is 6.31. The van der Waals surface area contributed by atoms with Gasteiger partial charge in [0.1, 0.15) is 0 Å². The number of carbonyl (C=O) groups excluding carboxylic acids is 1. The summed E-state index contributed by atoms with van der Waals surface area (Å²) < 4.78 is 38.4. The van der Waals surface area contributed by atoms with Crippen LogP contribution in [0.5, 0.6) is 0 Å². The number of hydrogen-bond acceptors (Lipinski definition) is 2. The van der Waals surface area contributed by atoms with Crippen LogP contribution in [0.25, 0.3) is 6.08 Å². The first-order valence-electron chi connectivity index (χ1n) is 7.29. The van der Waals surface area contributed by atoms with Crippen LogP contribution in [0.3, 0.4) is 0 Å². The van der Waals surface area contributed by atoms with Crippen molar-refractivity contribution in [2.24, 2.45) is 5.92 Å². The lowest BCUT2D eigenvalue weighted by Crippen LogP contribution is -2.28. The highest BCUT2D eigenvalue weighted by Gasteiger charge is 2.33. The highest BCUT2D eigenvalue weighted by atomic mass is 35.5. The van der Waals surface area contributed by atoms with Gasteiger partial charge in [-0.25, -0.2) is 0 Å². The Morgan fingerprint density at radius 1 is 1.46 bits per heavy atom. The average Bonchev–Trinajstić information content (AvgIpc) is 2.94. The van der Waals surface area contributed by atoms with Crippen LogP contribution in [0.2, 0.25) is 5.02 Å². The number of benzene rings is 1. The molecule has 0 aromatic heterocycles. The third-order valence-corrected chi connectivity index (χ3v) is 4.13. The van der Waals surface area contributed by atoms with E-state index in [-0.39, 0.29) is 23.3 Å². The summed E-state index contributed by atoms with van der Waals surface area (Å²) in [5.74, 6) is 0.233. The maximum atomic E-state index is 12.8. The van der Waals surface area contributed by atoms with Gasteiger partial charge in [-0.2, -0.15) is 13.2 Å². The molecule has 1 aromatic carbocycles. The van der Waals surface area contributed by atoms with E-state index in [4.69, 9.17) is 11.6 Å². The van der Waals surface area contributed by atoms with E-state index >= 15 is 0 Å². The van der Waals surface area contributed by atoms with Gasteiger partial charge in [-0.3, -0.25) is 4.79 Å². The number of alkyl halides is 3. The first-order valence-corrected chi connectivity index (χ1v) is 7.67. The van der Waals surface area contributed by atoms with Gasteiger partial charge in [-0.15, -0.1) is 12.4 Å². The summed E-state index contributed by atoms with van der Waals surface area (Å²) in [7, 11) is 1.86. The predicted molar refractivity (Wildman–Crippen MR) is 91.3 cm³/mol. The summed E-state index contributed by atoms with van der Waals surface area (Å²) in [5, 5.41) is 2.73. The zero-order chi connectivity index (χ0) is 17.0. The molecule has 8 heteroatoms. The summed E-state index contributed by atoms with van der Waals surface area (Å²) in [6.07, 6.45) is -0.885. The van der Waals surface area contributed by atoms with E-state index in [9.17, 15) is 18.0 Å². The molecule has 1 aromatic rings. The Balaban J connectivity index is 0.00000288. The molecular formula is C16H19Cl2F3N2O. The van der Waals surface area contributed by atoms with Crippen molar-refractivity contribution in [2.75, 3.05) is 26.7 Å².